The summed E-state index contributed by atoms with van der Waals surface area (Å²) < 4.78 is 5.09. The van der Waals surface area contributed by atoms with Gasteiger partial charge in [0.2, 0.25) is 0 Å². The van der Waals surface area contributed by atoms with E-state index in [9.17, 15) is 4.79 Å². The second-order valence-corrected chi connectivity index (χ2v) is 7.17. The van der Waals surface area contributed by atoms with Crippen LogP contribution >= 0.6 is 0 Å². The molecular formula is C16H30N2O2. The Kier molecular flexibility index (Phi) is 4.45. The fraction of sp³-hybridized carbons (Fsp3) is 0.938. The van der Waals surface area contributed by atoms with E-state index in [0.29, 0.717) is 12.1 Å². The van der Waals surface area contributed by atoms with Crippen molar-refractivity contribution >= 4 is 5.97 Å². The van der Waals surface area contributed by atoms with Gasteiger partial charge in [-0.2, -0.15) is 0 Å². The van der Waals surface area contributed by atoms with E-state index in [0.717, 1.165) is 25.7 Å². The molecule has 2 atom stereocenters. The molecule has 0 aromatic rings. The Hall–Kier alpha value is -0.610. The summed E-state index contributed by atoms with van der Waals surface area (Å²) in [7, 11) is 3.70. The highest BCUT2D eigenvalue weighted by molar-refractivity contribution is 5.81. The van der Waals surface area contributed by atoms with Crippen molar-refractivity contribution in [2.24, 2.45) is 0 Å². The summed E-state index contributed by atoms with van der Waals surface area (Å²) in [5.41, 5.74) is -0.269. The number of esters is 1. The standard InChI is InChI=1S/C16H30N2O2/c1-6-15(2,3)18(4)13-9-10-16(11-13,14(19)20-5)17-12-7-8-12/h12-13,17H,6-11H2,1-5H3. The minimum absolute atomic E-state index is 0.0744. The zero-order chi connectivity index (χ0) is 15.0. The van der Waals surface area contributed by atoms with Gasteiger partial charge in [-0.3, -0.25) is 15.0 Å². The molecule has 0 saturated heterocycles. The van der Waals surface area contributed by atoms with Crippen molar-refractivity contribution in [2.45, 2.75) is 82.5 Å². The van der Waals surface area contributed by atoms with Crippen LogP contribution in [0.5, 0.6) is 0 Å². The van der Waals surface area contributed by atoms with Gasteiger partial charge in [-0.05, 0) is 59.4 Å². The van der Waals surface area contributed by atoms with Crippen molar-refractivity contribution < 1.29 is 9.53 Å². The van der Waals surface area contributed by atoms with E-state index in [1.165, 1.54) is 20.0 Å². The number of ether oxygens (including phenoxy) is 1. The van der Waals surface area contributed by atoms with Crippen molar-refractivity contribution in [1.82, 2.24) is 10.2 Å². The first-order valence-corrected chi connectivity index (χ1v) is 7.93. The fourth-order valence-corrected chi connectivity index (χ4v) is 3.28. The predicted molar refractivity (Wildman–Crippen MR) is 80.7 cm³/mol. The molecule has 0 radical (unpaired) electrons. The molecule has 4 heteroatoms. The van der Waals surface area contributed by atoms with Crippen molar-refractivity contribution in [3.8, 4) is 0 Å². The van der Waals surface area contributed by atoms with E-state index in [-0.39, 0.29) is 11.5 Å². The summed E-state index contributed by atoms with van der Waals surface area (Å²) in [6, 6.07) is 0.979. The Labute approximate surface area is 123 Å². The third-order valence-corrected chi connectivity index (χ3v) is 5.49. The van der Waals surface area contributed by atoms with Gasteiger partial charge in [0, 0.05) is 17.6 Å². The molecular weight excluding hydrogens is 252 g/mol. The molecule has 0 amide bonds. The van der Waals surface area contributed by atoms with Gasteiger partial charge in [-0.15, -0.1) is 0 Å². The summed E-state index contributed by atoms with van der Waals surface area (Å²) in [6.07, 6.45) is 6.33. The molecule has 0 spiro atoms. The Balaban J connectivity index is 2.08. The molecule has 1 N–H and O–H groups in total. The summed E-state index contributed by atoms with van der Waals surface area (Å²) in [5.74, 6) is -0.0744. The molecule has 0 aromatic carbocycles. The maximum Gasteiger partial charge on any atom is 0.326 e. The van der Waals surface area contributed by atoms with Crippen LogP contribution in [-0.4, -0.2) is 48.2 Å². The lowest BCUT2D eigenvalue weighted by Gasteiger charge is -2.40. The normalized spacial score (nSPS) is 30.8. The molecule has 2 aliphatic rings. The zero-order valence-electron chi connectivity index (χ0n) is 13.7. The minimum atomic E-state index is -0.446. The molecule has 0 aliphatic heterocycles. The first-order chi connectivity index (χ1) is 9.34. The second kappa shape index (κ2) is 5.64. The minimum Gasteiger partial charge on any atom is -0.468 e. The van der Waals surface area contributed by atoms with Crippen molar-refractivity contribution in [2.75, 3.05) is 14.2 Å². The molecule has 2 unspecified atom stereocenters. The largest absolute Gasteiger partial charge is 0.468 e. The van der Waals surface area contributed by atoms with Crippen LogP contribution in [0.3, 0.4) is 0 Å². The second-order valence-electron chi connectivity index (χ2n) is 7.17. The predicted octanol–water partition coefficient (Wildman–Crippen LogP) is 2.32. The smallest absolute Gasteiger partial charge is 0.326 e. The molecule has 0 heterocycles. The van der Waals surface area contributed by atoms with E-state index in [4.69, 9.17) is 4.74 Å². The maximum atomic E-state index is 12.3. The number of carbonyl (C=O) groups excluding carboxylic acids is 1. The van der Waals surface area contributed by atoms with Crippen molar-refractivity contribution in [3.63, 3.8) is 0 Å². The number of carbonyl (C=O) groups is 1. The third-order valence-electron chi connectivity index (χ3n) is 5.49. The van der Waals surface area contributed by atoms with Gasteiger partial charge in [-0.25, -0.2) is 0 Å². The molecule has 2 aliphatic carbocycles. The van der Waals surface area contributed by atoms with Crippen LogP contribution in [0.1, 0.15) is 59.3 Å². The average Bonchev–Trinajstić information content (AvgIpc) is 3.14. The Morgan fingerprint density at radius 2 is 2.05 bits per heavy atom. The van der Waals surface area contributed by atoms with E-state index >= 15 is 0 Å². The van der Waals surface area contributed by atoms with E-state index in [1.54, 1.807) is 0 Å². The summed E-state index contributed by atoms with van der Waals surface area (Å²) in [5, 5.41) is 3.57. The number of hydrogen-bond acceptors (Lipinski definition) is 4. The molecule has 0 bridgehead atoms. The number of hydrogen-bond donors (Lipinski definition) is 1. The van der Waals surface area contributed by atoms with Crippen LogP contribution in [0.2, 0.25) is 0 Å². The van der Waals surface area contributed by atoms with Crippen LogP contribution in [0.4, 0.5) is 0 Å². The molecule has 2 rings (SSSR count). The number of methoxy groups -OCH3 is 1. The van der Waals surface area contributed by atoms with Gasteiger partial charge in [0.05, 0.1) is 7.11 Å². The highest BCUT2D eigenvalue weighted by atomic mass is 16.5. The average molecular weight is 282 g/mol. The van der Waals surface area contributed by atoms with Crippen molar-refractivity contribution in [3.05, 3.63) is 0 Å². The first kappa shape index (κ1) is 15.8. The number of rotatable bonds is 6. The summed E-state index contributed by atoms with van der Waals surface area (Å²) >= 11 is 0. The molecule has 20 heavy (non-hydrogen) atoms. The maximum absolute atomic E-state index is 12.3. The number of nitrogens with zero attached hydrogens (tertiary/aromatic N) is 1. The van der Waals surface area contributed by atoms with Gasteiger partial charge in [-0.1, -0.05) is 6.92 Å². The lowest BCUT2D eigenvalue weighted by molar-refractivity contribution is -0.148. The van der Waals surface area contributed by atoms with Crippen LogP contribution in [0, 0.1) is 0 Å². The van der Waals surface area contributed by atoms with Crippen LogP contribution < -0.4 is 5.32 Å². The Morgan fingerprint density at radius 1 is 1.40 bits per heavy atom. The van der Waals surface area contributed by atoms with Crippen LogP contribution in [0.25, 0.3) is 0 Å². The number of nitrogens with one attached hydrogen (secondary N) is 1. The SMILES string of the molecule is CCC(C)(C)N(C)C1CCC(NC2CC2)(C(=O)OC)C1. The summed E-state index contributed by atoms with van der Waals surface area (Å²) in [4.78, 5) is 14.7. The molecule has 0 aromatic heterocycles. The Morgan fingerprint density at radius 3 is 2.55 bits per heavy atom. The van der Waals surface area contributed by atoms with E-state index in [2.05, 4.69) is 38.0 Å². The van der Waals surface area contributed by atoms with Gasteiger partial charge in [0.15, 0.2) is 0 Å². The molecule has 2 saturated carbocycles. The third kappa shape index (κ3) is 3.01. The lowest BCUT2D eigenvalue weighted by Crippen LogP contribution is -2.54. The molecule has 116 valence electrons. The van der Waals surface area contributed by atoms with Crippen molar-refractivity contribution in [1.29, 1.82) is 0 Å². The zero-order valence-corrected chi connectivity index (χ0v) is 13.7. The quantitative estimate of drug-likeness (QED) is 0.759. The van der Waals surface area contributed by atoms with Gasteiger partial charge < -0.3 is 4.74 Å². The van der Waals surface area contributed by atoms with Crippen LogP contribution in [-0.2, 0) is 9.53 Å². The molecule has 4 nitrogen and oxygen atoms in total. The fourth-order valence-electron chi connectivity index (χ4n) is 3.28. The monoisotopic (exact) mass is 282 g/mol. The summed E-state index contributed by atoms with van der Waals surface area (Å²) in [6.45, 7) is 6.78. The highest BCUT2D eigenvalue weighted by Crippen LogP contribution is 2.39. The van der Waals surface area contributed by atoms with E-state index < -0.39 is 5.54 Å². The van der Waals surface area contributed by atoms with Gasteiger partial charge in [0.1, 0.15) is 5.54 Å². The first-order valence-electron chi connectivity index (χ1n) is 7.93. The van der Waals surface area contributed by atoms with Crippen LogP contribution in [0.15, 0.2) is 0 Å². The molecule has 2 fully saturated rings. The lowest BCUT2D eigenvalue weighted by atomic mass is 9.94. The Bertz CT molecular complexity index is 365. The topological polar surface area (TPSA) is 41.6 Å². The van der Waals surface area contributed by atoms with Gasteiger partial charge >= 0.3 is 5.97 Å². The van der Waals surface area contributed by atoms with E-state index in [1.807, 2.05) is 0 Å². The highest BCUT2D eigenvalue weighted by Gasteiger charge is 2.50. The van der Waals surface area contributed by atoms with Gasteiger partial charge in [0.25, 0.3) is 0 Å².